The molecule has 1 amide bonds. The number of anilines is 2. The molecule has 1 aromatic carbocycles. The molecule has 3 rings (SSSR count). The van der Waals surface area contributed by atoms with Crippen molar-refractivity contribution in [2.75, 3.05) is 37.5 Å². The summed E-state index contributed by atoms with van der Waals surface area (Å²) in [5, 5.41) is 0.888. The van der Waals surface area contributed by atoms with Gasteiger partial charge in [-0.3, -0.25) is 24.0 Å². The molecule has 2 heterocycles. The Kier molecular flexibility index (Phi) is 8.13. The Morgan fingerprint density at radius 3 is 2.60 bits per heavy atom. The number of hydrogen-bond donors (Lipinski definition) is 3. The number of nitrogens with zero attached hydrogens (tertiary/aromatic N) is 2. The van der Waals surface area contributed by atoms with E-state index < -0.39 is 29.7 Å². The third kappa shape index (κ3) is 5.46. The van der Waals surface area contributed by atoms with Crippen molar-refractivity contribution in [3.8, 4) is 0 Å². The molecular weight excluding hydrogens is 454 g/mol. The third-order valence-corrected chi connectivity index (χ3v) is 5.91. The SMILES string of the molecule is CCCCn1c(N)c(N(CCOC)C(=O)COC(=O)c2ccc3[nH]c(C)c(C)c3c2)c(=O)[nH]c1=O. The molecule has 0 saturated carbocycles. The predicted molar refractivity (Wildman–Crippen MR) is 133 cm³/mol. The summed E-state index contributed by atoms with van der Waals surface area (Å²) in [4.78, 5) is 57.1. The normalized spacial score (nSPS) is 11.1. The van der Waals surface area contributed by atoms with Gasteiger partial charge in [-0.25, -0.2) is 9.59 Å². The second kappa shape index (κ2) is 11.0. The first-order chi connectivity index (χ1) is 16.7. The summed E-state index contributed by atoms with van der Waals surface area (Å²) < 4.78 is 11.5. The van der Waals surface area contributed by atoms with E-state index in [-0.39, 0.29) is 31.2 Å². The molecule has 0 aliphatic rings. The lowest BCUT2D eigenvalue weighted by Crippen LogP contribution is -2.44. The van der Waals surface area contributed by atoms with E-state index in [9.17, 15) is 19.2 Å². The number of amides is 1. The highest BCUT2D eigenvalue weighted by Gasteiger charge is 2.25. The fraction of sp³-hybridized carbons (Fsp3) is 0.417. The number of fused-ring (bicyclic) bond motifs is 1. The number of carbonyl (C=O) groups is 2. The molecule has 0 unspecified atom stereocenters. The first kappa shape index (κ1) is 25.8. The van der Waals surface area contributed by atoms with Gasteiger partial charge in [-0.05, 0) is 44.0 Å². The van der Waals surface area contributed by atoms with E-state index >= 15 is 0 Å². The number of aromatic nitrogens is 3. The molecule has 35 heavy (non-hydrogen) atoms. The van der Waals surface area contributed by atoms with Gasteiger partial charge in [-0.15, -0.1) is 0 Å². The molecule has 3 aromatic rings. The smallest absolute Gasteiger partial charge is 0.338 e. The van der Waals surface area contributed by atoms with Gasteiger partial charge in [-0.1, -0.05) is 13.3 Å². The van der Waals surface area contributed by atoms with Crippen LogP contribution in [-0.4, -0.2) is 53.3 Å². The van der Waals surface area contributed by atoms with Crippen molar-refractivity contribution in [3.63, 3.8) is 0 Å². The first-order valence-corrected chi connectivity index (χ1v) is 11.4. The molecule has 0 fully saturated rings. The summed E-state index contributed by atoms with van der Waals surface area (Å²) in [5.74, 6) is -1.49. The molecule has 0 saturated heterocycles. The molecular formula is C24H31N5O6. The Labute approximate surface area is 201 Å². The summed E-state index contributed by atoms with van der Waals surface area (Å²) in [5.41, 5.74) is 7.71. The summed E-state index contributed by atoms with van der Waals surface area (Å²) in [6, 6.07) is 5.09. The number of H-pyrrole nitrogens is 2. The number of unbranched alkanes of at least 4 members (excludes halogenated alkanes) is 1. The largest absolute Gasteiger partial charge is 0.452 e. The number of esters is 1. The molecule has 0 radical (unpaired) electrons. The molecule has 0 aliphatic heterocycles. The van der Waals surface area contributed by atoms with Gasteiger partial charge in [0.05, 0.1) is 12.2 Å². The maximum Gasteiger partial charge on any atom is 0.338 e. The zero-order valence-corrected chi connectivity index (χ0v) is 20.4. The van der Waals surface area contributed by atoms with Crippen molar-refractivity contribution >= 4 is 34.3 Å². The van der Waals surface area contributed by atoms with E-state index in [1.54, 1.807) is 18.2 Å². The summed E-state index contributed by atoms with van der Waals surface area (Å²) in [6.07, 6.45) is 1.46. The molecule has 11 nitrogen and oxygen atoms in total. The summed E-state index contributed by atoms with van der Waals surface area (Å²) >= 11 is 0. The topological polar surface area (TPSA) is 153 Å². The molecule has 0 spiro atoms. The maximum atomic E-state index is 13.1. The highest BCUT2D eigenvalue weighted by atomic mass is 16.5. The molecule has 4 N–H and O–H groups in total. The standard InChI is InChI=1S/C24H31N5O6/c1-5-6-9-29-21(25)20(22(31)27-24(29)33)28(10-11-34-4)19(30)13-35-23(32)16-7-8-18-17(12-16)14(2)15(3)26-18/h7-8,12,26H,5-6,9-11,13,25H2,1-4H3,(H,27,31,33). The zero-order chi connectivity index (χ0) is 25.7. The molecule has 0 bridgehead atoms. The van der Waals surface area contributed by atoms with Crippen LogP contribution in [0.5, 0.6) is 0 Å². The van der Waals surface area contributed by atoms with Crippen LogP contribution in [-0.2, 0) is 20.8 Å². The minimum absolute atomic E-state index is 0.0279. The van der Waals surface area contributed by atoms with Gasteiger partial charge in [0.15, 0.2) is 12.3 Å². The van der Waals surface area contributed by atoms with E-state index in [4.69, 9.17) is 15.2 Å². The lowest BCUT2D eigenvalue weighted by Gasteiger charge is -2.24. The number of ether oxygens (including phenoxy) is 2. The summed E-state index contributed by atoms with van der Waals surface area (Å²) in [7, 11) is 1.44. The van der Waals surface area contributed by atoms with Crippen molar-refractivity contribution in [1.29, 1.82) is 0 Å². The van der Waals surface area contributed by atoms with Crippen molar-refractivity contribution in [3.05, 3.63) is 55.9 Å². The van der Waals surface area contributed by atoms with Crippen LogP contribution < -0.4 is 21.9 Å². The van der Waals surface area contributed by atoms with Gasteiger partial charge < -0.3 is 20.2 Å². The fourth-order valence-electron chi connectivity index (χ4n) is 3.80. The number of hydrogen-bond acceptors (Lipinski definition) is 7. The lowest BCUT2D eigenvalue weighted by atomic mass is 10.1. The number of benzene rings is 1. The van der Waals surface area contributed by atoms with Crippen LogP contribution in [0.1, 0.15) is 41.4 Å². The molecule has 2 aromatic heterocycles. The highest BCUT2D eigenvalue weighted by Crippen LogP contribution is 2.23. The van der Waals surface area contributed by atoms with Crippen molar-refractivity contribution in [2.24, 2.45) is 0 Å². The van der Waals surface area contributed by atoms with Crippen LogP contribution in [0, 0.1) is 13.8 Å². The Hall–Kier alpha value is -3.86. The van der Waals surface area contributed by atoms with Gasteiger partial charge in [0.25, 0.3) is 11.5 Å². The number of rotatable bonds is 10. The second-order valence-corrected chi connectivity index (χ2v) is 8.25. The molecule has 11 heteroatoms. The van der Waals surface area contributed by atoms with E-state index in [0.29, 0.717) is 12.0 Å². The van der Waals surface area contributed by atoms with Crippen molar-refractivity contribution < 1.29 is 19.1 Å². The van der Waals surface area contributed by atoms with Crippen LogP contribution in [0.25, 0.3) is 10.9 Å². The zero-order valence-electron chi connectivity index (χ0n) is 20.4. The number of nitrogen functional groups attached to an aromatic ring is 1. The van der Waals surface area contributed by atoms with Crippen LogP contribution in [0.4, 0.5) is 11.5 Å². The van der Waals surface area contributed by atoms with Gasteiger partial charge in [-0.2, -0.15) is 0 Å². The van der Waals surface area contributed by atoms with Gasteiger partial charge >= 0.3 is 11.7 Å². The average Bonchev–Trinajstić information content (AvgIpc) is 3.11. The third-order valence-electron chi connectivity index (χ3n) is 5.91. The number of aryl methyl sites for hydroxylation is 2. The Bertz CT molecular complexity index is 1350. The Morgan fingerprint density at radius 2 is 1.91 bits per heavy atom. The number of nitrogens with two attached hydrogens (primary N) is 1. The number of aromatic amines is 2. The quantitative estimate of drug-likeness (QED) is 0.371. The predicted octanol–water partition coefficient (Wildman–Crippen LogP) is 1.85. The van der Waals surface area contributed by atoms with E-state index in [0.717, 1.165) is 33.5 Å². The monoisotopic (exact) mass is 485 g/mol. The highest BCUT2D eigenvalue weighted by molar-refractivity contribution is 6.00. The van der Waals surface area contributed by atoms with Gasteiger partial charge in [0.2, 0.25) is 0 Å². The minimum atomic E-state index is -0.806. The first-order valence-electron chi connectivity index (χ1n) is 11.4. The van der Waals surface area contributed by atoms with Gasteiger partial charge in [0, 0.05) is 36.8 Å². The van der Waals surface area contributed by atoms with Crippen molar-refractivity contribution in [1.82, 2.24) is 14.5 Å². The number of carbonyl (C=O) groups excluding carboxylic acids is 2. The Balaban J connectivity index is 1.85. The molecule has 0 atom stereocenters. The second-order valence-electron chi connectivity index (χ2n) is 8.25. The van der Waals surface area contributed by atoms with Crippen LogP contribution in [0.2, 0.25) is 0 Å². The Morgan fingerprint density at radius 1 is 1.17 bits per heavy atom. The number of nitrogens with one attached hydrogen (secondary N) is 2. The van der Waals surface area contributed by atoms with E-state index in [1.807, 2.05) is 20.8 Å². The minimum Gasteiger partial charge on any atom is -0.452 e. The van der Waals surface area contributed by atoms with E-state index in [1.165, 1.54) is 11.7 Å². The lowest BCUT2D eigenvalue weighted by molar-refractivity contribution is -0.121. The van der Waals surface area contributed by atoms with Crippen LogP contribution in [0.3, 0.4) is 0 Å². The van der Waals surface area contributed by atoms with Crippen LogP contribution in [0.15, 0.2) is 27.8 Å². The van der Waals surface area contributed by atoms with Crippen molar-refractivity contribution in [2.45, 2.75) is 40.2 Å². The van der Waals surface area contributed by atoms with Crippen LogP contribution >= 0.6 is 0 Å². The summed E-state index contributed by atoms with van der Waals surface area (Å²) in [6.45, 7) is 5.56. The fourth-order valence-corrected chi connectivity index (χ4v) is 3.80. The maximum absolute atomic E-state index is 13.1. The molecule has 0 aliphatic carbocycles. The average molecular weight is 486 g/mol. The number of methoxy groups -OCH3 is 1. The van der Waals surface area contributed by atoms with Gasteiger partial charge in [0.1, 0.15) is 5.82 Å². The molecule has 188 valence electrons. The van der Waals surface area contributed by atoms with E-state index in [2.05, 4.69) is 9.97 Å².